The number of esters is 1. The smallest absolute Gasteiger partial charge is 0.339 e. The highest BCUT2D eigenvalue weighted by atomic mass is 16.5. The summed E-state index contributed by atoms with van der Waals surface area (Å²) in [6.45, 7) is 0. The lowest BCUT2D eigenvalue weighted by atomic mass is 10.00. The molecule has 2 heterocycles. The van der Waals surface area contributed by atoms with Crippen molar-refractivity contribution in [3.8, 4) is 0 Å². The van der Waals surface area contributed by atoms with Gasteiger partial charge in [0.05, 0.1) is 36.0 Å². The minimum atomic E-state index is -0.653. The quantitative estimate of drug-likeness (QED) is 0.456. The zero-order chi connectivity index (χ0) is 20.0. The number of imide groups is 1. The van der Waals surface area contributed by atoms with Crippen LogP contribution in [0.15, 0.2) is 54.1 Å². The van der Waals surface area contributed by atoms with E-state index in [9.17, 15) is 19.2 Å². The van der Waals surface area contributed by atoms with Crippen molar-refractivity contribution in [2.75, 3.05) is 24.0 Å². The number of amides is 3. The van der Waals surface area contributed by atoms with Gasteiger partial charge in [-0.05, 0) is 18.2 Å². The van der Waals surface area contributed by atoms with Gasteiger partial charge in [-0.1, -0.05) is 30.3 Å². The Labute approximate surface area is 160 Å². The molecular formula is C21H16N2O5. The predicted molar refractivity (Wildman–Crippen MR) is 102 cm³/mol. The number of hydrogen-bond donors (Lipinski definition) is 0. The maximum Gasteiger partial charge on any atom is 0.339 e. The number of hydrogen-bond acceptors (Lipinski definition) is 5. The molecule has 2 aromatic rings. The molecule has 7 heteroatoms. The molecule has 0 atom stereocenters. The van der Waals surface area contributed by atoms with Crippen LogP contribution in [0.5, 0.6) is 0 Å². The van der Waals surface area contributed by atoms with Gasteiger partial charge in [0.1, 0.15) is 0 Å². The maximum atomic E-state index is 13.2. The molecule has 0 aromatic heterocycles. The highest BCUT2D eigenvalue weighted by molar-refractivity contribution is 6.41. The molecule has 3 amide bonds. The second-order valence-corrected chi connectivity index (χ2v) is 6.45. The molecule has 0 spiro atoms. The number of benzene rings is 2. The van der Waals surface area contributed by atoms with Gasteiger partial charge in [0.2, 0.25) is 5.91 Å². The molecule has 0 unspecified atom stereocenters. The van der Waals surface area contributed by atoms with Crippen LogP contribution >= 0.6 is 0 Å². The van der Waals surface area contributed by atoms with Crippen LogP contribution in [-0.2, 0) is 19.1 Å². The summed E-state index contributed by atoms with van der Waals surface area (Å²) in [5.74, 6) is -2.08. The number of para-hydroxylation sites is 2. The van der Waals surface area contributed by atoms with Crippen LogP contribution in [0.25, 0.3) is 5.57 Å². The Morgan fingerprint density at radius 3 is 2.29 bits per heavy atom. The summed E-state index contributed by atoms with van der Waals surface area (Å²) in [5, 5.41) is 0. The van der Waals surface area contributed by atoms with Crippen LogP contribution in [0.3, 0.4) is 0 Å². The van der Waals surface area contributed by atoms with Gasteiger partial charge < -0.3 is 9.64 Å². The van der Waals surface area contributed by atoms with E-state index < -0.39 is 17.8 Å². The summed E-state index contributed by atoms with van der Waals surface area (Å²) < 4.78 is 4.75. The standard InChI is InChI=1S/C21H16N2O5/c1-22-15-9-5-3-7-12(15)18(20(22)26)14-11-17(24)23(19(14)25)16-10-6-4-8-13(16)21(27)28-2/h3-10H,11H2,1-2H3. The Morgan fingerprint density at radius 1 is 0.929 bits per heavy atom. The molecular weight excluding hydrogens is 360 g/mol. The van der Waals surface area contributed by atoms with Crippen molar-refractivity contribution in [2.45, 2.75) is 6.42 Å². The first-order valence-electron chi connectivity index (χ1n) is 8.61. The zero-order valence-corrected chi connectivity index (χ0v) is 15.3. The molecule has 2 aliphatic heterocycles. The lowest BCUT2D eigenvalue weighted by molar-refractivity contribution is -0.121. The topological polar surface area (TPSA) is 84.0 Å². The van der Waals surface area contributed by atoms with E-state index in [1.165, 1.54) is 24.1 Å². The summed E-state index contributed by atoms with van der Waals surface area (Å²) in [6.07, 6.45) is -0.211. The minimum Gasteiger partial charge on any atom is -0.465 e. The molecule has 0 bridgehead atoms. The molecule has 1 fully saturated rings. The fourth-order valence-corrected chi connectivity index (χ4v) is 3.61. The van der Waals surface area contributed by atoms with E-state index >= 15 is 0 Å². The van der Waals surface area contributed by atoms with Crippen molar-refractivity contribution in [1.29, 1.82) is 0 Å². The molecule has 0 radical (unpaired) electrons. The second-order valence-electron chi connectivity index (χ2n) is 6.45. The number of rotatable bonds is 2. The molecule has 2 aliphatic rings. The molecule has 0 saturated carbocycles. The molecule has 0 aliphatic carbocycles. The average Bonchev–Trinajstić information content (AvgIpc) is 3.14. The lowest BCUT2D eigenvalue weighted by Gasteiger charge is -2.16. The number of likely N-dealkylation sites (N-methyl/N-ethyl adjacent to an activating group) is 1. The van der Waals surface area contributed by atoms with Crippen molar-refractivity contribution in [2.24, 2.45) is 0 Å². The number of carbonyl (C=O) groups is 4. The maximum absolute atomic E-state index is 13.2. The van der Waals surface area contributed by atoms with Gasteiger partial charge in [0, 0.05) is 18.2 Å². The number of fused-ring (bicyclic) bond motifs is 1. The first-order valence-corrected chi connectivity index (χ1v) is 8.61. The second kappa shape index (κ2) is 6.45. The lowest BCUT2D eigenvalue weighted by Crippen LogP contribution is -2.31. The SMILES string of the molecule is COC(=O)c1ccccc1N1C(=O)CC(=C2C(=O)N(C)c3ccccc32)C1=O. The van der Waals surface area contributed by atoms with Crippen molar-refractivity contribution in [3.05, 3.63) is 65.2 Å². The number of nitrogens with zero attached hydrogens (tertiary/aromatic N) is 2. The average molecular weight is 376 g/mol. The van der Waals surface area contributed by atoms with Gasteiger partial charge in [0.15, 0.2) is 0 Å². The summed E-state index contributed by atoms with van der Waals surface area (Å²) in [5.41, 5.74) is 1.92. The number of anilines is 2. The molecule has 1 saturated heterocycles. The Bertz CT molecular complexity index is 1090. The van der Waals surface area contributed by atoms with Gasteiger partial charge >= 0.3 is 5.97 Å². The van der Waals surface area contributed by atoms with E-state index in [0.717, 1.165) is 4.90 Å². The van der Waals surface area contributed by atoms with Gasteiger partial charge in [-0.25, -0.2) is 9.69 Å². The Morgan fingerprint density at radius 2 is 1.57 bits per heavy atom. The van der Waals surface area contributed by atoms with Gasteiger partial charge in [-0.3, -0.25) is 14.4 Å². The third kappa shape index (κ3) is 2.44. The zero-order valence-electron chi connectivity index (χ0n) is 15.3. The van der Waals surface area contributed by atoms with E-state index in [1.807, 2.05) is 0 Å². The van der Waals surface area contributed by atoms with E-state index in [4.69, 9.17) is 4.74 Å². The molecule has 4 rings (SSSR count). The highest BCUT2D eigenvalue weighted by Crippen LogP contribution is 2.41. The predicted octanol–water partition coefficient (Wildman–Crippen LogP) is 2.17. The van der Waals surface area contributed by atoms with Crippen LogP contribution < -0.4 is 9.80 Å². The number of methoxy groups -OCH3 is 1. The fraction of sp³-hybridized carbons (Fsp3) is 0.143. The van der Waals surface area contributed by atoms with E-state index in [-0.39, 0.29) is 34.7 Å². The molecule has 2 aromatic carbocycles. The summed E-state index contributed by atoms with van der Waals surface area (Å²) in [6, 6.07) is 13.3. The Hall–Kier alpha value is -3.74. The molecule has 28 heavy (non-hydrogen) atoms. The number of ether oxygens (including phenoxy) is 1. The monoisotopic (exact) mass is 376 g/mol. The van der Waals surface area contributed by atoms with Crippen LogP contribution in [0.1, 0.15) is 22.3 Å². The third-order valence-corrected chi connectivity index (χ3v) is 4.94. The van der Waals surface area contributed by atoms with Crippen LogP contribution in [-0.4, -0.2) is 37.8 Å². The Balaban J connectivity index is 1.85. The first-order chi connectivity index (χ1) is 13.5. The van der Waals surface area contributed by atoms with Gasteiger partial charge in [-0.15, -0.1) is 0 Å². The largest absolute Gasteiger partial charge is 0.465 e. The van der Waals surface area contributed by atoms with Crippen molar-refractivity contribution < 1.29 is 23.9 Å². The molecule has 7 nitrogen and oxygen atoms in total. The normalized spacial score (nSPS) is 18.7. The molecule has 140 valence electrons. The van der Waals surface area contributed by atoms with E-state index in [0.29, 0.717) is 11.3 Å². The summed E-state index contributed by atoms with van der Waals surface area (Å²) in [7, 11) is 2.85. The van der Waals surface area contributed by atoms with E-state index in [1.54, 1.807) is 43.4 Å². The first kappa shape index (κ1) is 17.7. The van der Waals surface area contributed by atoms with Crippen LogP contribution in [0, 0.1) is 0 Å². The van der Waals surface area contributed by atoms with Gasteiger partial charge in [0.25, 0.3) is 11.8 Å². The highest BCUT2D eigenvalue weighted by Gasteiger charge is 2.43. The third-order valence-electron chi connectivity index (χ3n) is 4.94. The van der Waals surface area contributed by atoms with Crippen LogP contribution in [0.4, 0.5) is 11.4 Å². The summed E-state index contributed by atoms with van der Waals surface area (Å²) in [4.78, 5) is 53.1. The summed E-state index contributed by atoms with van der Waals surface area (Å²) >= 11 is 0. The Kier molecular flexibility index (Phi) is 4.07. The molecule has 0 N–H and O–H groups in total. The van der Waals surface area contributed by atoms with E-state index in [2.05, 4.69) is 0 Å². The van der Waals surface area contributed by atoms with Crippen LogP contribution in [0.2, 0.25) is 0 Å². The fourth-order valence-electron chi connectivity index (χ4n) is 3.61. The van der Waals surface area contributed by atoms with Crippen molar-refractivity contribution in [3.63, 3.8) is 0 Å². The van der Waals surface area contributed by atoms with Crippen molar-refractivity contribution in [1.82, 2.24) is 0 Å². The van der Waals surface area contributed by atoms with Crippen molar-refractivity contribution >= 4 is 40.6 Å². The minimum absolute atomic E-state index is 0.105. The van der Waals surface area contributed by atoms with Gasteiger partial charge in [-0.2, -0.15) is 0 Å². The number of carbonyl (C=O) groups excluding carboxylic acids is 4.